The number of nitrogens with one attached hydrogen (secondary N) is 1. The quantitative estimate of drug-likeness (QED) is 0.446. The number of likely N-dealkylation sites (tertiary alicyclic amines) is 1. The SMILES string of the molecule is CCNC(=NCc1ccccc1OC(F)F)N1CCC(C(=O)OCC)CC1. The molecule has 0 amide bonds. The van der Waals surface area contributed by atoms with Crippen molar-refractivity contribution in [2.24, 2.45) is 10.9 Å². The van der Waals surface area contributed by atoms with E-state index in [1.54, 1.807) is 25.1 Å². The molecular weight excluding hydrogens is 356 g/mol. The second-order valence-corrected chi connectivity index (χ2v) is 6.17. The molecule has 1 aliphatic heterocycles. The van der Waals surface area contributed by atoms with Crippen molar-refractivity contribution in [1.29, 1.82) is 0 Å². The van der Waals surface area contributed by atoms with E-state index in [4.69, 9.17) is 4.74 Å². The number of nitrogens with zero attached hydrogens (tertiary/aromatic N) is 2. The molecule has 1 fully saturated rings. The standard InChI is InChI=1S/C19H27F2N3O3/c1-3-22-19(24-11-9-14(10-12-24)17(25)26-4-2)23-13-15-7-5-6-8-16(15)27-18(20)21/h5-8,14,18H,3-4,9-13H2,1-2H3,(H,22,23). The summed E-state index contributed by atoms with van der Waals surface area (Å²) in [6.07, 6.45) is 1.41. The van der Waals surface area contributed by atoms with Gasteiger partial charge in [-0.05, 0) is 32.8 Å². The maximum Gasteiger partial charge on any atom is 0.387 e. The Morgan fingerprint density at radius 1 is 1.30 bits per heavy atom. The smallest absolute Gasteiger partial charge is 0.387 e. The molecule has 0 bridgehead atoms. The molecule has 0 saturated carbocycles. The molecule has 2 rings (SSSR count). The maximum atomic E-state index is 12.6. The van der Waals surface area contributed by atoms with Gasteiger partial charge in [0, 0.05) is 25.2 Å². The lowest BCUT2D eigenvalue weighted by molar-refractivity contribution is -0.149. The van der Waals surface area contributed by atoms with Crippen molar-refractivity contribution in [1.82, 2.24) is 10.2 Å². The van der Waals surface area contributed by atoms with Crippen molar-refractivity contribution in [3.8, 4) is 5.75 Å². The third-order valence-corrected chi connectivity index (χ3v) is 4.34. The first kappa shape index (κ1) is 20.9. The highest BCUT2D eigenvalue weighted by molar-refractivity contribution is 5.80. The number of hydrogen-bond acceptors (Lipinski definition) is 4. The van der Waals surface area contributed by atoms with Crippen LogP contribution < -0.4 is 10.1 Å². The van der Waals surface area contributed by atoms with Crippen LogP contribution in [0.25, 0.3) is 0 Å². The molecular formula is C19H27F2N3O3. The molecule has 1 aromatic rings. The lowest BCUT2D eigenvalue weighted by atomic mass is 9.97. The van der Waals surface area contributed by atoms with Crippen LogP contribution >= 0.6 is 0 Å². The number of esters is 1. The minimum absolute atomic E-state index is 0.0794. The summed E-state index contributed by atoms with van der Waals surface area (Å²) in [6, 6.07) is 6.64. The zero-order chi connectivity index (χ0) is 19.6. The van der Waals surface area contributed by atoms with E-state index in [9.17, 15) is 13.6 Å². The van der Waals surface area contributed by atoms with Crippen molar-refractivity contribution in [2.45, 2.75) is 39.8 Å². The number of guanidine groups is 1. The summed E-state index contributed by atoms with van der Waals surface area (Å²) >= 11 is 0. The highest BCUT2D eigenvalue weighted by Crippen LogP contribution is 2.22. The molecule has 0 aromatic heterocycles. The molecule has 1 aliphatic rings. The van der Waals surface area contributed by atoms with Crippen LogP contribution in [-0.4, -0.2) is 49.7 Å². The number of piperidine rings is 1. The van der Waals surface area contributed by atoms with Crippen LogP contribution in [0.1, 0.15) is 32.3 Å². The van der Waals surface area contributed by atoms with Gasteiger partial charge in [-0.2, -0.15) is 8.78 Å². The van der Waals surface area contributed by atoms with Crippen LogP contribution in [0.2, 0.25) is 0 Å². The van der Waals surface area contributed by atoms with Crippen molar-refractivity contribution in [3.63, 3.8) is 0 Å². The Kier molecular flexibility index (Phi) is 8.29. The van der Waals surface area contributed by atoms with E-state index in [0.717, 1.165) is 0 Å². The average Bonchev–Trinajstić information content (AvgIpc) is 2.66. The first-order valence-corrected chi connectivity index (χ1v) is 9.27. The predicted molar refractivity (Wildman–Crippen MR) is 98.8 cm³/mol. The Morgan fingerprint density at radius 2 is 2.00 bits per heavy atom. The van der Waals surface area contributed by atoms with Crippen molar-refractivity contribution >= 4 is 11.9 Å². The number of alkyl halides is 2. The average molecular weight is 383 g/mol. The van der Waals surface area contributed by atoms with E-state index >= 15 is 0 Å². The minimum Gasteiger partial charge on any atom is -0.466 e. The second kappa shape index (κ2) is 10.7. The molecule has 1 heterocycles. The Bertz CT molecular complexity index is 632. The van der Waals surface area contributed by atoms with Gasteiger partial charge in [0.1, 0.15) is 5.75 Å². The predicted octanol–water partition coefficient (Wildman–Crippen LogP) is 3.03. The van der Waals surface area contributed by atoms with Crippen molar-refractivity contribution in [2.75, 3.05) is 26.2 Å². The first-order chi connectivity index (χ1) is 13.0. The van der Waals surface area contributed by atoms with Crippen LogP contribution in [0, 0.1) is 5.92 Å². The van der Waals surface area contributed by atoms with Gasteiger partial charge < -0.3 is 19.7 Å². The fourth-order valence-corrected chi connectivity index (χ4v) is 3.02. The van der Waals surface area contributed by atoms with E-state index in [-0.39, 0.29) is 24.2 Å². The van der Waals surface area contributed by atoms with Gasteiger partial charge in [0.15, 0.2) is 5.96 Å². The molecule has 0 spiro atoms. The number of halogens is 2. The molecule has 8 heteroatoms. The summed E-state index contributed by atoms with van der Waals surface area (Å²) in [6.45, 7) is 3.57. The number of carbonyl (C=O) groups excluding carboxylic acids is 1. The van der Waals surface area contributed by atoms with E-state index < -0.39 is 6.61 Å². The van der Waals surface area contributed by atoms with Crippen molar-refractivity contribution < 1.29 is 23.0 Å². The number of benzene rings is 1. The van der Waals surface area contributed by atoms with Crippen LogP contribution in [0.4, 0.5) is 8.78 Å². The zero-order valence-electron chi connectivity index (χ0n) is 15.8. The number of ether oxygens (including phenoxy) is 2. The molecule has 0 aliphatic carbocycles. The molecule has 6 nitrogen and oxygen atoms in total. The van der Waals surface area contributed by atoms with Crippen molar-refractivity contribution in [3.05, 3.63) is 29.8 Å². The normalized spacial score (nSPS) is 15.7. The maximum absolute atomic E-state index is 12.6. The van der Waals surface area contributed by atoms with E-state index in [1.165, 1.54) is 6.07 Å². The van der Waals surface area contributed by atoms with Gasteiger partial charge in [-0.3, -0.25) is 4.79 Å². The van der Waals surface area contributed by atoms with E-state index in [1.807, 2.05) is 6.92 Å². The third-order valence-electron chi connectivity index (χ3n) is 4.34. The van der Waals surface area contributed by atoms with Gasteiger partial charge in [0.2, 0.25) is 0 Å². The Balaban J connectivity index is 2.02. The summed E-state index contributed by atoms with van der Waals surface area (Å²) in [5.74, 6) is 0.612. The summed E-state index contributed by atoms with van der Waals surface area (Å²) in [5, 5.41) is 3.22. The van der Waals surface area contributed by atoms with Gasteiger partial charge in [-0.1, -0.05) is 18.2 Å². The van der Waals surface area contributed by atoms with Gasteiger partial charge in [0.25, 0.3) is 0 Å². The molecule has 27 heavy (non-hydrogen) atoms. The Labute approximate surface area is 158 Å². The Hall–Kier alpha value is -2.38. The van der Waals surface area contributed by atoms with Crippen LogP contribution in [0.15, 0.2) is 29.3 Å². The number of rotatable bonds is 7. The summed E-state index contributed by atoms with van der Waals surface area (Å²) < 4.78 is 34.8. The van der Waals surface area contributed by atoms with Gasteiger partial charge in [0.05, 0.1) is 19.1 Å². The molecule has 0 radical (unpaired) electrons. The van der Waals surface area contributed by atoms with Gasteiger partial charge in [-0.25, -0.2) is 4.99 Å². The first-order valence-electron chi connectivity index (χ1n) is 9.27. The third kappa shape index (κ3) is 6.37. The van der Waals surface area contributed by atoms with Gasteiger partial charge in [-0.15, -0.1) is 0 Å². The number of hydrogen-bond donors (Lipinski definition) is 1. The zero-order valence-corrected chi connectivity index (χ0v) is 15.8. The fourth-order valence-electron chi connectivity index (χ4n) is 3.02. The molecule has 0 unspecified atom stereocenters. The fraction of sp³-hybridized carbons (Fsp3) is 0.579. The topological polar surface area (TPSA) is 63.2 Å². The number of para-hydroxylation sites is 1. The van der Waals surface area contributed by atoms with Crippen LogP contribution in [0.3, 0.4) is 0 Å². The largest absolute Gasteiger partial charge is 0.466 e. The lowest BCUT2D eigenvalue weighted by Crippen LogP contribution is -2.46. The number of carbonyl (C=O) groups is 1. The molecule has 1 aromatic carbocycles. The highest BCUT2D eigenvalue weighted by Gasteiger charge is 2.27. The van der Waals surface area contributed by atoms with E-state index in [0.29, 0.717) is 50.6 Å². The highest BCUT2D eigenvalue weighted by atomic mass is 19.3. The Morgan fingerprint density at radius 3 is 2.63 bits per heavy atom. The molecule has 1 saturated heterocycles. The van der Waals surface area contributed by atoms with Crippen LogP contribution in [0.5, 0.6) is 5.75 Å². The lowest BCUT2D eigenvalue weighted by Gasteiger charge is -2.33. The summed E-state index contributed by atoms with van der Waals surface area (Å²) in [5.41, 5.74) is 0.592. The minimum atomic E-state index is -2.87. The summed E-state index contributed by atoms with van der Waals surface area (Å²) in [7, 11) is 0. The van der Waals surface area contributed by atoms with Crippen LogP contribution in [-0.2, 0) is 16.1 Å². The second-order valence-electron chi connectivity index (χ2n) is 6.17. The van der Waals surface area contributed by atoms with E-state index in [2.05, 4.69) is 19.9 Å². The molecule has 1 N–H and O–H groups in total. The van der Waals surface area contributed by atoms with Gasteiger partial charge >= 0.3 is 12.6 Å². The molecule has 150 valence electrons. The monoisotopic (exact) mass is 383 g/mol. The number of aliphatic imine (C=N–C) groups is 1. The molecule has 0 atom stereocenters. The summed E-state index contributed by atoms with van der Waals surface area (Å²) in [4.78, 5) is 18.5.